The van der Waals surface area contributed by atoms with Crippen molar-refractivity contribution in [2.24, 2.45) is 0 Å². The van der Waals surface area contributed by atoms with E-state index in [1.807, 2.05) is 30.8 Å². The fraction of sp³-hybridized carbons (Fsp3) is 0.333. The molecule has 0 aliphatic carbocycles. The molecule has 0 saturated heterocycles. The minimum absolute atomic E-state index is 0.152. The molecule has 0 fully saturated rings. The van der Waals surface area contributed by atoms with Gasteiger partial charge in [-0.25, -0.2) is 4.79 Å². The van der Waals surface area contributed by atoms with Crippen LogP contribution in [0.25, 0.3) is 0 Å². The number of hydrogen-bond acceptors (Lipinski definition) is 4. The summed E-state index contributed by atoms with van der Waals surface area (Å²) < 4.78 is 6.96. The number of carboxylic acid groups (broad SMARTS) is 1. The van der Waals surface area contributed by atoms with Gasteiger partial charge in [0.05, 0.1) is 12.1 Å². The normalized spacial score (nSPS) is 10.8. The molecule has 18 heavy (non-hydrogen) atoms. The third-order valence-electron chi connectivity index (χ3n) is 2.48. The average molecular weight is 249 g/mol. The van der Waals surface area contributed by atoms with Crippen molar-refractivity contribution in [1.82, 2.24) is 9.78 Å². The van der Waals surface area contributed by atoms with Crippen molar-refractivity contribution in [3.63, 3.8) is 0 Å². The monoisotopic (exact) mass is 249 g/mol. The van der Waals surface area contributed by atoms with Crippen LogP contribution >= 0.6 is 0 Å². The number of nitrogens with one attached hydrogen (secondary N) is 1. The highest BCUT2D eigenvalue weighted by atomic mass is 16.4. The van der Waals surface area contributed by atoms with E-state index in [1.54, 1.807) is 0 Å². The molecule has 0 spiro atoms. The van der Waals surface area contributed by atoms with Gasteiger partial charge in [0, 0.05) is 18.3 Å². The van der Waals surface area contributed by atoms with Crippen LogP contribution < -0.4 is 5.32 Å². The molecule has 96 valence electrons. The zero-order chi connectivity index (χ0) is 13.1. The molecule has 6 heteroatoms. The SMILES string of the molecule is CC(C)n1ccc(NCc2cc(C(=O)O)co2)n1. The molecule has 0 atom stereocenters. The molecule has 6 nitrogen and oxygen atoms in total. The lowest BCUT2D eigenvalue weighted by Gasteiger charge is -2.04. The second kappa shape index (κ2) is 4.95. The Hall–Kier alpha value is -2.24. The predicted molar refractivity (Wildman–Crippen MR) is 65.6 cm³/mol. The highest BCUT2D eigenvalue weighted by Crippen LogP contribution is 2.12. The van der Waals surface area contributed by atoms with Crippen LogP contribution in [0.5, 0.6) is 0 Å². The molecular weight excluding hydrogens is 234 g/mol. The van der Waals surface area contributed by atoms with Gasteiger partial charge < -0.3 is 14.8 Å². The quantitative estimate of drug-likeness (QED) is 0.850. The third kappa shape index (κ3) is 2.71. The highest BCUT2D eigenvalue weighted by Gasteiger charge is 2.08. The number of furan rings is 1. The molecule has 2 N–H and O–H groups in total. The molecule has 0 radical (unpaired) electrons. The largest absolute Gasteiger partial charge is 0.478 e. The summed E-state index contributed by atoms with van der Waals surface area (Å²) in [6, 6.07) is 3.67. The van der Waals surface area contributed by atoms with Gasteiger partial charge in [-0.2, -0.15) is 5.10 Å². The van der Waals surface area contributed by atoms with E-state index in [9.17, 15) is 4.79 Å². The number of carboxylic acids is 1. The van der Waals surface area contributed by atoms with Crippen LogP contribution in [0.1, 0.15) is 36.0 Å². The summed E-state index contributed by atoms with van der Waals surface area (Å²) in [5.41, 5.74) is 0.152. The minimum Gasteiger partial charge on any atom is -0.478 e. The number of aromatic carboxylic acids is 1. The average Bonchev–Trinajstić information content (AvgIpc) is 2.95. The smallest absolute Gasteiger partial charge is 0.338 e. The van der Waals surface area contributed by atoms with Crippen LogP contribution in [-0.4, -0.2) is 20.9 Å². The Labute approximate surface area is 104 Å². The highest BCUT2D eigenvalue weighted by molar-refractivity contribution is 5.87. The molecule has 0 amide bonds. The molecule has 0 saturated carbocycles. The van der Waals surface area contributed by atoms with Gasteiger partial charge in [0.2, 0.25) is 0 Å². The second-order valence-corrected chi connectivity index (χ2v) is 4.24. The molecule has 2 rings (SSSR count). The fourth-order valence-electron chi connectivity index (χ4n) is 1.48. The first-order valence-corrected chi connectivity index (χ1v) is 5.66. The third-order valence-corrected chi connectivity index (χ3v) is 2.48. The lowest BCUT2D eigenvalue weighted by atomic mass is 10.3. The standard InChI is InChI=1S/C12H15N3O3/c1-8(2)15-4-3-11(14-15)13-6-10-5-9(7-18-10)12(16)17/h3-5,7-8H,6H2,1-2H3,(H,13,14)(H,16,17). The summed E-state index contributed by atoms with van der Waals surface area (Å²) in [5, 5.41) is 16.1. The Morgan fingerprint density at radius 1 is 1.61 bits per heavy atom. The van der Waals surface area contributed by atoms with E-state index in [4.69, 9.17) is 9.52 Å². The van der Waals surface area contributed by atoms with Crippen LogP contribution in [0.15, 0.2) is 29.0 Å². The number of anilines is 1. The molecule has 0 aliphatic heterocycles. The van der Waals surface area contributed by atoms with Gasteiger partial charge in [0.25, 0.3) is 0 Å². The van der Waals surface area contributed by atoms with Crippen molar-refractivity contribution < 1.29 is 14.3 Å². The van der Waals surface area contributed by atoms with Crippen molar-refractivity contribution in [1.29, 1.82) is 0 Å². The summed E-state index contributed by atoms with van der Waals surface area (Å²) in [6.07, 6.45) is 3.11. The van der Waals surface area contributed by atoms with Gasteiger partial charge in [0.1, 0.15) is 17.8 Å². The van der Waals surface area contributed by atoms with E-state index in [1.165, 1.54) is 12.3 Å². The molecule has 0 unspecified atom stereocenters. The Kier molecular flexibility index (Phi) is 3.36. The van der Waals surface area contributed by atoms with Gasteiger partial charge >= 0.3 is 5.97 Å². The molecular formula is C12H15N3O3. The van der Waals surface area contributed by atoms with Crippen molar-refractivity contribution in [2.45, 2.75) is 26.4 Å². The van der Waals surface area contributed by atoms with Crippen LogP contribution in [0.3, 0.4) is 0 Å². The molecule has 2 aromatic rings. The maximum atomic E-state index is 10.7. The Morgan fingerprint density at radius 2 is 2.39 bits per heavy atom. The molecule has 0 aliphatic rings. The van der Waals surface area contributed by atoms with Gasteiger partial charge in [-0.15, -0.1) is 0 Å². The molecule has 0 aromatic carbocycles. The maximum absolute atomic E-state index is 10.7. The van der Waals surface area contributed by atoms with Crippen molar-refractivity contribution in [3.8, 4) is 0 Å². The Bertz CT molecular complexity index is 542. The van der Waals surface area contributed by atoms with Crippen LogP contribution in [0, 0.1) is 0 Å². The predicted octanol–water partition coefficient (Wildman–Crippen LogP) is 2.37. The Morgan fingerprint density at radius 3 is 2.94 bits per heavy atom. The van der Waals surface area contributed by atoms with Gasteiger partial charge in [0.15, 0.2) is 0 Å². The molecule has 2 heterocycles. The summed E-state index contributed by atoms with van der Waals surface area (Å²) in [4.78, 5) is 10.7. The van der Waals surface area contributed by atoms with Crippen LogP contribution in [0.4, 0.5) is 5.82 Å². The summed E-state index contributed by atoms with van der Waals surface area (Å²) in [6.45, 7) is 4.49. The fourth-order valence-corrected chi connectivity index (χ4v) is 1.48. The van der Waals surface area contributed by atoms with E-state index in [0.29, 0.717) is 18.3 Å². The summed E-state index contributed by atoms with van der Waals surface area (Å²) in [7, 11) is 0. The molecule has 2 aromatic heterocycles. The van der Waals surface area contributed by atoms with Crippen LogP contribution in [-0.2, 0) is 6.54 Å². The first kappa shape index (κ1) is 12.2. The number of carbonyl (C=O) groups is 1. The van der Waals surface area contributed by atoms with E-state index in [0.717, 1.165) is 5.82 Å². The minimum atomic E-state index is -0.992. The first-order valence-electron chi connectivity index (χ1n) is 5.66. The lowest BCUT2D eigenvalue weighted by molar-refractivity contribution is 0.0696. The number of aromatic nitrogens is 2. The summed E-state index contributed by atoms with van der Waals surface area (Å²) >= 11 is 0. The van der Waals surface area contributed by atoms with E-state index in [2.05, 4.69) is 10.4 Å². The van der Waals surface area contributed by atoms with E-state index in [-0.39, 0.29) is 5.56 Å². The van der Waals surface area contributed by atoms with Crippen LogP contribution in [0.2, 0.25) is 0 Å². The number of nitrogens with zero attached hydrogens (tertiary/aromatic N) is 2. The summed E-state index contributed by atoms with van der Waals surface area (Å²) in [5.74, 6) is 0.303. The first-order chi connectivity index (χ1) is 8.56. The van der Waals surface area contributed by atoms with Gasteiger partial charge in [-0.1, -0.05) is 0 Å². The lowest BCUT2D eigenvalue weighted by Crippen LogP contribution is -2.03. The molecule has 0 bridgehead atoms. The topological polar surface area (TPSA) is 80.3 Å². The maximum Gasteiger partial charge on any atom is 0.338 e. The number of hydrogen-bond donors (Lipinski definition) is 2. The van der Waals surface area contributed by atoms with Gasteiger partial charge in [-0.3, -0.25) is 4.68 Å². The van der Waals surface area contributed by atoms with Crippen molar-refractivity contribution >= 4 is 11.8 Å². The zero-order valence-electron chi connectivity index (χ0n) is 10.3. The van der Waals surface area contributed by atoms with E-state index < -0.39 is 5.97 Å². The Balaban J connectivity index is 1.95. The van der Waals surface area contributed by atoms with Gasteiger partial charge in [-0.05, 0) is 19.9 Å². The van der Waals surface area contributed by atoms with E-state index >= 15 is 0 Å². The van der Waals surface area contributed by atoms with Crippen molar-refractivity contribution in [3.05, 3.63) is 35.9 Å². The van der Waals surface area contributed by atoms with Crippen molar-refractivity contribution in [2.75, 3.05) is 5.32 Å². The number of rotatable bonds is 5. The second-order valence-electron chi connectivity index (χ2n) is 4.24. The zero-order valence-corrected chi connectivity index (χ0v) is 10.3.